The van der Waals surface area contributed by atoms with Crippen molar-refractivity contribution in [2.45, 2.75) is 12.5 Å². The summed E-state index contributed by atoms with van der Waals surface area (Å²) in [6, 6.07) is 4.14. The molecule has 0 heterocycles. The van der Waals surface area contributed by atoms with Gasteiger partial charge in [-0.2, -0.15) is 0 Å². The van der Waals surface area contributed by atoms with Crippen molar-refractivity contribution in [1.82, 2.24) is 0 Å². The standard InChI is InChI=1S/C13H19FO4/c1-16-6-3-7-18-13(9-15)11-8-10(14)4-5-12(11)17-2/h4-5,8,13,15H,3,6-7,9H2,1-2H3/t13-/m0/s1. The lowest BCUT2D eigenvalue weighted by Gasteiger charge is -2.18. The first-order chi connectivity index (χ1) is 8.72. The van der Waals surface area contributed by atoms with E-state index in [1.807, 2.05) is 0 Å². The number of ether oxygens (including phenoxy) is 3. The molecule has 0 radical (unpaired) electrons. The van der Waals surface area contributed by atoms with Gasteiger partial charge < -0.3 is 19.3 Å². The summed E-state index contributed by atoms with van der Waals surface area (Å²) in [5, 5.41) is 9.31. The Bertz CT molecular complexity index is 357. The molecule has 1 aromatic rings. The van der Waals surface area contributed by atoms with E-state index < -0.39 is 6.10 Å². The summed E-state index contributed by atoms with van der Waals surface area (Å²) >= 11 is 0. The van der Waals surface area contributed by atoms with Gasteiger partial charge in [-0.3, -0.25) is 0 Å². The molecule has 0 unspecified atom stereocenters. The topological polar surface area (TPSA) is 47.9 Å². The molecule has 1 atom stereocenters. The summed E-state index contributed by atoms with van der Waals surface area (Å²) in [7, 11) is 3.11. The van der Waals surface area contributed by atoms with Gasteiger partial charge in [-0.05, 0) is 24.6 Å². The second-order valence-corrected chi connectivity index (χ2v) is 3.77. The van der Waals surface area contributed by atoms with Gasteiger partial charge in [-0.25, -0.2) is 4.39 Å². The minimum Gasteiger partial charge on any atom is -0.496 e. The van der Waals surface area contributed by atoms with Gasteiger partial charge in [0.15, 0.2) is 0 Å². The molecule has 4 nitrogen and oxygen atoms in total. The summed E-state index contributed by atoms with van der Waals surface area (Å²) in [4.78, 5) is 0. The molecule has 0 fully saturated rings. The van der Waals surface area contributed by atoms with E-state index in [0.717, 1.165) is 0 Å². The van der Waals surface area contributed by atoms with Crippen LogP contribution >= 0.6 is 0 Å². The van der Waals surface area contributed by atoms with E-state index in [1.165, 1.54) is 25.3 Å². The highest BCUT2D eigenvalue weighted by Gasteiger charge is 2.16. The molecule has 0 aliphatic heterocycles. The third-order valence-corrected chi connectivity index (χ3v) is 2.52. The molecule has 0 aromatic heterocycles. The second-order valence-electron chi connectivity index (χ2n) is 3.77. The van der Waals surface area contributed by atoms with Crippen molar-refractivity contribution in [3.8, 4) is 5.75 Å². The molecule has 1 rings (SSSR count). The van der Waals surface area contributed by atoms with Crippen LogP contribution in [-0.2, 0) is 9.47 Å². The number of hydrogen-bond acceptors (Lipinski definition) is 4. The number of aliphatic hydroxyl groups is 1. The Labute approximate surface area is 106 Å². The molecular weight excluding hydrogens is 239 g/mol. The first-order valence-corrected chi connectivity index (χ1v) is 5.77. The van der Waals surface area contributed by atoms with E-state index in [-0.39, 0.29) is 12.4 Å². The zero-order valence-electron chi connectivity index (χ0n) is 10.7. The van der Waals surface area contributed by atoms with Crippen molar-refractivity contribution in [2.75, 3.05) is 34.0 Å². The average Bonchev–Trinajstić information content (AvgIpc) is 2.39. The van der Waals surface area contributed by atoms with Crippen molar-refractivity contribution in [2.24, 2.45) is 0 Å². The highest BCUT2D eigenvalue weighted by atomic mass is 19.1. The fourth-order valence-electron chi connectivity index (χ4n) is 1.63. The lowest BCUT2D eigenvalue weighted by Crippen LogP contribution is -2.12. The average molecular weight is 258 g/mol. The van der Waals surface area contributed by atoms with E-state index in [9.17, 15) is 9.50 Å². The first-order valence-electron chi connectivity index (χ1n) is 5.77. The smallest absolute Gasteiger partial charge is 0.124 e. The maximum Gasteiger partial charge on any atom is 0.124 e. The van der Waals surface area contributed by atoms with Crippen molar-refractivity contribution in [3.63, 3.8) is 0 Å². The maximum atomic E-state index is 13.2. The molecule has 18 heavy (non-hydrogen) atoms. The molecule has 0 amide bonds. The van der Waals surface area contributed by atoms with E-state index in [4.69, 9.17) is 14.2 Å². The third kappa shape index (κ3) is 4.25. The Hall–Kier alpha value is -1.17. The maximum absolute atomic E-state index is 13.2. The lowest BCUT2D eigenvalue weighted by molar-refractivity contribution is 0.00214. The summed E-state index contributed by atoms with van der Waals surface area (Å²) in [6.45, 7) is 0.782. The Morgan fingerprint density at radius 3 is 2.67 bits per heavy atom. The van der Waals surface area contributed by atoms with E-state index in [1.54, 1.807) is 7.11 Å². The highest BCUT2D eigenvalue weighted by Crippen LogP contribution is 2.28. The van der Waals surface area contributed by atoms with Crippen LogP contribution in [0.4, 0.5) is 4.39 Å². The monoisotopic (exact) mass is 258 g/mol. The zero-order chi connectivity index (χ0) is 13.4. The minimum absolute atomic E-state index is 0.229. The molecule has 0 spiro atoms. The normalized spacial score (nSPS) is 12.4. The van der Waals surface area contributed by atoms with E-state index >= 15 is 0 Å². The molecule has 5 heteroatoms. The van der Waals surface area contributed by atoms with Crippen LogP contribution in [0.5, 0.6) is 5.75 Å². The Morgan fingerprint density at radius 1 is 1.28 bits per heavy atom. The quantitative estimate of drug-likeness (QED) is 0.724. The third-order valence-electron chi connectivity index (χ3n) is 2.52. The van der Waals surface area contributed by atoms with Gasteiger partial charge in [0.2, 0.25) is 0 Å². The number of benzene rings is 1. The van der Waals surface area contributed by atoms with Crippen molar-refractivity contribution >= 4 is 0 Å². The van der Waals surface area contributed by atoms with Crippen molar-refractivity contribution in [3.05, 3.63) is 29.6 Å². The number of hydrogen-bond donors (Lipinski definition) is 1. The van der Waals surface area contributed by atoms with Gasteiger partial charge in [-0.15, -0.1) is 0 Å². The largest absolute Gasteiger partial charge is 0.496 e. The Morgan fingerprint density at radius 2 is 2.06 bits per heavy atom. The van der Waals surface area contributed by atoms with Crippen LogP contribution < -0.4 is 4.74 Å². The fourth-order valence-corrected chi connectivity index (χ4v) is 1.63. The highest BCUT2D eigenvalue weighted by molar-refractivity contribution is 5.35. The predicted octanol–water partition coefficient (Wildman–Crippen LogP) is 1.92. The van der Waals surface area contributed by atoms with Crippen LogP contribution in [0.3, 0.4) is 0 Å². The van der Waals surface area contributed by atoms with Gasteiger partial charge >= 0.3 is 0 Å². The molecule has 1 aromatic carbocycles. The predicted molar refractivity (Wildman–Crippen MR) is 65.2 cm³/mol. The molecule has 0 aliphatic rings. The first kappa shape index (κ1) is 14.9. The van der Waals surface area contributed by atoms with E-state index in [2.05, 4.69) is 0 Å². The molecule has 1 N–H and O–H groups in total. The zero-order valence-corrected chi connectivity index (χ0v) is 10.7. The minimum atomic E-state index is -0.590. The van der Waals surface area contributed by atoms with Crippen LogP contribution in [0.1, 0.15) is 18.1 Å². The van der Waals surface area contributed by atoms with Gasteiger partial charge in [0, 0.05) is 25.9 Å². The van der Waals surface area contributed by atoms with Gasteiger partial charge in [0.25, 0.3) is 0 Å². The number of aliphatic hydroxyl groups excluding tert-OH is 1. The molecule has 102 valence electrons. The van der Waals surface area contributed by atoms with Crippen molar-refractivity contribution in [1.29, 1.82) is 0 Å². The van der Waals surface area contributed by atoms with Crippen LogP contribution in [0.25, 0.3) is 0 Å². The summed E-state index contributed by atoms with van der Waals surface area (Å²) in [5.74, 6) is 0.118. The van der Waals surface area contributed by atoms with E-state index in [0.29, 0.717) is 30.9 Å². The van der Waals surface area contributed by atoms with Crippen LogP contribution in [0.15, 0.2) is 18.2 Å². The van der Waals surface area contributed by atoms with Gasteiger partial charge in [0.05, 0.1) is 13.7 Å². The summed E-state index contributed by atoms with van der Waals surface area (Å²) in [5.41, 5.74) is 0.511. The molecule has 0 saturated heterocycles. The van der Waals surface area contributed by atoms with Gasteiger partial charge in [0.1, 0.15) is 17.7 Å². The Balaban J connectivity index is 2.71. The molecule has 0 aliphatic carbocycles. The SMILES string of the molecule is COCCCO[C@@H](CO)c1cc(F)ccc1OC. The van der Waals surface area contributed by atoms with Crippen LogP contribution in [0.2, 0.25) is 0 Å². The lowest BCUT2D eigenvalue weighted by atomic mass is 10.1. The Kier molecular flexibility index (Phi) is 6.64. The summed E-state index contributed by atoms with van der Waals surface area (Å²) < 4.78 is 28.7. The fraction of sp³-hybridized carbons (Fsp3) is 0.538. The van der Waals surface area contributed by atoms with Crippen molar-refractivity contribution < 1.29 is 23.7 Å². The molecule has 0 bridgehead atoms. The second kappa shape index (κ2) is 8.02. The van der Waals surface area contributed by atoms with Crippen LogP contribution in [0, 0.1) is 5.82 Å². The van der Waals surface area contributed by atoms with Gasteiger partial charge in [-0.1, -0.05) is 0 Å². The van der Waals surface area contributed by atoms with Crippen LogP contribution in [-0.4, -0.2) is 39.1 Å². The number of halogens is 1. The molecular formula is C13H19FO4. The summed E-state index contributed by atoms with van der Waals surface area (Å²) in [6.07, 6.45) is 0.123. The number of methoxy groups -OCH3 is 2. The number of rotatable bonds is 8. The molecule has 0 saturated carbocycles.